The van der Waals surface area contributed by atoms with Crippen LogP contribution in [0.1, 0.15) is 32.6 Å². The molecule has 2 aromatic rings. The Kier molecular flexibility index (Phi) is 8.21. The third-order valence-electron chi connectivity index (χ3n) is 3.52. The number of hydrogen-bond acceptors (Lipinski definition) is 3. The average Bonchev–Trinajstić information content (AvgIpc) is 2.95. The van der Waals surface area contributed by atoms with Crippen LogP contribution in [0, 0.1) is 0 Å². The molecule has 1 aromatic heterocycles. The van der Waals surface area contributed by atoms with Crippen molar-refractivity contribution in [3.05, 3.63) is 36.1 Å². The maximum Gasteiger partial charge on any atom is 0.243 e. The molecule has 0 aliphatic carbocycles. The fourth-order valence-corrected chi connectivity index (χ4v) is 2.19. The Bertz CT molecular complexity index is 692. The standard InChI is InChI=1S/C18H26N4O2.HI/c1-12(2)20-18(19-11-17(23)22(4)5)21-13(3)16-10-14-8-6-7-9-15(14)24-16;/h6-10,12-13H,11H2,1-5H3,(H2,19,20,21);1H. The number of nitrogens with zero attached hydrogens (tertiary/aromatic N) is 2. The molecule has 25 heavy (non-hydrogen) atoms. The van der Waals surface area contributed by atoms with Crippen LogP contribution in [0.15, 0.2) is 39.7 Å². The minimum absolute atomic E-state index is 0. The molecule has 0 saturated carbocycles. The van der Waals surface area contributed by atoms with Crippen LogP contribution in [0.3, 0.4) is 0 Å². The second-order valence-corrected chi connectivity index (χ2v) is 6.30. The smallest absolute Gasteiger partial charge is 0.243 e. The van der Waals surface area contributed by atoms with E-state index in [1.807, 2.05) is 51.1 Å². The normalized spacial score (nSPS) is 12.6. The molecule has 138 valence electrons. The Morgan fingerprint density at radius 3 is 2.48 bits per heavy atom. The second-order valence-electron chi connectivity index (χ2n) is 6.30. The zero-order chi connectivity index (χ0) is 17.7. The summed E-state index contributed by atoms with van der Waals surface area (Å²) in [7, 11) is 3.44. The highest BCUT2D eigenvalue weighted by Crippen LogP contribution is 2.23. The van der Waals surface area contributed by atoms with Gasteiger partial charge < -0.3 is 20.0 Å². The van der Waals surface area contributed by atoms with Crippen LogP contribution in [0.25, 0.3) is 11.0 Å². The summed E-state index contributed by atoms with van der Waals surface area (Å²) < 4.78 is 5.88. The molecule has 0 fully saturated rings. The fraction of sp³-hybridized carbons (Fsp3) is 0.444. The van der Waals surface area contributed by atoms with E-state index in [0.29, 0.717) is 5.96 Å². The van der Waals surface area contributed by atoms with E-state index in [4.69, 9.17) is 4.42 Å². The highest BCUT2D eigenvalue weighted by molar-refractivity contribution is 14.0. The Morgan fingerprint density at radius 1 is 1.20 bits per heavy atom. The van der Waals surface area contributed by atoms with Gasteiger partial charge in [0.05, 0.1) is 6.04 Å². The molecule has 1 amide bonds. The van der Waals surface area contributed by atoms with Crippen molar-refractivity contribution < 1.29 is 9.21 Å². The van der Waals surface area contributed by atoms with Gasteiger partial charge in [0.15, 0.2) is 5.96 Å². The summed E-state index contributed by atoms with van der Waals surface area (Å²) in [6, 6.07) is 10.1. The SMILES string of the molecule is CC(C)NC(=NCC(=O)N(C)C)NC(C)c1cc2ccccc2o1.I. The Morgan fingerprint density at radius 2 is 1.88 bits per heavy atom. The highest BCUT2D eigenvalue weighted by atomic mass is 127. The van der Waals surface area contributed by atoms with Gasteiger partial charge in [-0.1, -0.05) is 18.2 Å². The van der Waals surface area contributed by atoms with Crippen LogP contribution in [0.2, 0.25) is 0 Å². The van der Waals surface area contributed by atoms with Gasteiger partial charge in [0.2, 0.25) is 5.91 Å². The fourth-order valence-electron chi connectivity index (χ4n) is 2.19. The number of carbonyl (C=O) groups excluding carboxylic acids is 1. The van der Waals surface area contributed by atoms with E-state index in [0.717, 1.165) is 16.7 Å². The number of aliphatic imine (C=N–C) groups is 1. The number of carbonyl (C=O) groups is 1. The summed E-state index contributed by atoms with van der Waals surface area (Å²) in [4.78, 5) is 17.6. The van der Waals surface area contributed by atoms with Crippen molar-refractivity contribution in [1.82, 2.24) is 15.5 Å². The number of halogens is 1. The zero-order valence-electron chi connectivity index (χ0n) is 15.4. The summed E-state index contributed by atoms with van der Waals surface area (Å²) in [6.07, 6.45) is 0. The van der Waals surface area contributed by atoms with Gasteiger partial charge >= 0.3 is 0 Å². The van der Waals surface area contributed by atoms with Gasteiger partial charge in [0, 0.05) is 25.5 Å². The first-order valence-corrected chi connectivity index (χ1v) is 8.13. The van der Waals surface area contributed by atoms with Crippen molar-refractivity contribution in [1.29, 1.82) is 0 Å². The lowest BCUT2D eigenvalue weighted by molar-refractivity contribution is -0.127. The van der Waals surface area contributed by atoms with E-state index in [2.05, 4.69) is 15.6 Å². The van der Waals surface area contributed by atoms with E-state index >= 15 is 0 Å². The molecular formula is C18H27IN4O2. The molecule has 1 heterocycles. The number of fused-ring (bicyclic) bond motifs is 1. The maximum absolute atomic E-state index is 11.8. The molecule has 0 bridgehead atoms. The van der Waals surface area contributed by atoms with E-state index in [9.17, 15) is 4.79 Å². The molecule has 1 aromatic carbocycles. The number of rotatable bonds is 5. The minimum Gasteiger partial charge on any atom is -0.459 e. The monoisotopic (exact) mass is 458 g/mol. The Labute approximate surface area is 166 Å². The number of para-hydroxylation sites is 1. The predicted octanol–water partition coefficient (Wildman–Crippen LogP) is 3.14. The summed E-state index contributed by atoms with van der Waals surface area (Å²) in [5.41, 5.74) is 0.860. The molecule has 0 aliphatic rings. The van der Waals surface area contributed by atoms with Gasteiger partial charge in [-0.2, -0.15) is 0 Å². The van der Waals surface area contributed by atoms with Crippen molar-refractivity contribution in [3.8, 4) is 0 Å². The van der Waals surface area contributed by atoms with Crippen molar-refractivity contribution in [2.24, 2.45) is 4.99 Å². The summed E-state index contributed by atoms with van der Waals surface area (Å²) >= 11 is 0. The van der Waals surface area contributed by atoms with E-state index in [1.165, 1.54) is 4.90 Å². The lowest BCUT2D eigenvalue weighted by Crippen LogP contribution is -2.42. The highest BCUT2D eigenvalue weighted by Gasteiger charge is 2.14. The summed E-state index contributed by atoms with van der Waals surface area (Å²) in [6.45, 7) is 6.15. The molecule has 7 heteroatoms. The van der Waals surface area contributed by atoms with Crippen LogP contribution in [-0.4, -0.2) is 43.4 Å². The number of nitrogens with one attached hydrogen (secondary N) is 2. The molecule has 0 saturated heterocycles. The molecule has 0 spiro atoms. The van der Waals surface area contributed by atoms with E-state index < -0.39 is 0 Å². The molecule has 1 atom stereocenters. The molecular weight excluding hydrogens is 431 g/mol. The first kappa shape index (κ1) is 21.3. The maximum atomic E-state index is 11.8. The molecule has 2 N–H and O–H groups in total. The number of amides is 1. The molecule has 0 aliphatic heterocycles. The van der Waals surface area contributed by atoms with Gasteiger partial charge in [-0.25, -0.2) is 4.99 Å². The number of furan rings is 1. The minimum atomic E-state index is -0.0724. The number of guanidine groups is 1. The summed E-state index contributed by atoms with van der Waals surface area (Å²) in [5, 5.41) is 7.60. The van der Waals surface area contributed by atoms with Crippen LogP contribution in [0.5, 0.6) is 0 Å². The first-order chi connectivity index (χ1) is 11.4. The average molecular weight is 458 g/mol. The second kappa shape index (κ2) is 9.65. The van der Waals surface area contributed by atoms with E-state index in [-0.39, 0.29) is 48.5 Å². The number of benzene rings is 1. The third kappa shape index (κ3) is 6.22. The Balaban J connectivity index is 0.00000312. The predicted molar refractivity (Wildman–Crippen MR) is 112 cm³/mol. The molecule has 1 unspecified atom stereocenters. The van der Waals surface area contributed by atoms with Gasteiger partial charge in [-0.15, -0.1) is 24.0 Å². The molecule has 0 radical (unpaired) electrons. The van der Waals surface area contributed by atoms with Crippen LogP contribution in [0.4, 0.5) is 0 Å². The van der Waals surface area contributed by atoms with Crippen molar-refractivity contribution in [3.63, 3.8) is 0 Å². The van der Waals surface area contributed by atoms with Crippen LogP contribution >= 0.6 is 24.0 Å². The number of hydrogen-bond donors (Lipinski definition) is 2. The van der Waals surface area contributed by atoms with Gasteiger partial charge in [0.25, 0.3) is 0 Å². The van der Waals surface area contributed by atoms with Crippen molar-refractivity contribution >= 4 is 46.8 Å². The van der Waals surface area contributed by atoms with Crippen molar-refractivity contribution in [2.45, 2.75) is 32.9 Å². The van der Waals surface area contributed by atoms with Gasteiger partial charge in [-0.3, -0.25) is 4.79 Å². The van der Waals surface area contributed by atoms with Gasteiger partial charge in [0.1, 0.15) is 17.9 Å². The first-order valence-electron chi connectivity index (χ1n) is 8.13. The van der Waals surface area contributed by atoms with Gasteiger partial charge in [-0.05, 0) is 32.9 Å². The van der Waals surface area contributed by atoms with Crippen LogP contribution < -0.4 is 10.6 Å². The quantitative estimate of drug-likeness (QED) is 0.411. The lowest BCUT2D eigenvalue weighted by atomic mass is 10.2. The largest absolute Gasteiger partial charge is 0.459 e. The molecule has 2 rings (SSSR count). The Hall–Kier alpha value is -1.77. The number of likely N-dealkylation sites (N-methyl/N-ethyl adjacent to an activating group) is 1. The van der Waals surface area contributed by atoms with Crippen LogP contribution in [-0.2, 0) is 4.79 Å². The summed E-state index contributed by atoms with van der Waals surface area (Å²) in [5.74, 6) is 1.37. The zero-order valence-corrected chi connectivity index (χ0v) is 17.7. The van der Waals surface area contributed by atoms with E-state index in [1.54, 1.807) is 14.1 Å². The molecule has 6 nitrogen and oxygen atoms in total. The third-order valence-corrected chi connectivity index (χ3v) is 3.52. The lowest BCUT2D eigenvalue weighted by Gasteiger charge is -2.19. The van der Waals surface area contributed by atoms with Crippen molar-refractivity contribution in [2.75, 3.05) is 20.6 Å². The topological polar surface area (TPSA) is 69.9 Å².